The highest BCUT2D eigenvalue weighted by Crippen LogP contribution is 2.32. The van der Waals surface area contributed by atoms with Gasteiger partial charge < -0.3 is 19.5 Å². The third kappa shape index (κ3) is 6.46. The fourth-order valence-electron chi connectivity index (χ4n) is 4.60. The van der Waals surface area contributed by atoms with Crippen molar-refractivity contribution in [2.75, 3.05) is 37.0 Å². The fourth-order valence-corrected chi connectivity index (χ4v) is 5.45. The average Bonchev–Trinajstić information content (AvgIpc) is 3.47. The third-order valence-corrected chi connectivity index (χ3v) is 7.82. The molecule has 3 heterocycles. The van der Waals surface area contributed by atoms with Crippen molar-refractivity contribution in [3.05, 3.63) is 29.8 Å². The van der Waals surface area contributed by atoms with Gasteiger partial charge in [0.05, 0.1) is 18.8 Å². The topological polar surface area (TPSA) is 72.6 Å². The first-order valence-corrected chi connectivity index (χ1v) is 13.6. The Morgan fingerprint density at radius 3 is 2.65 bits per heavy atom. The van der Waals surface area contributed by atoms with Gasteiger partial charge in [-0.15, -0.1) is 10.2 Å². The van der Waals surface area contributed by atoms with Crippen molar-refractivity contribution in [2.24, 2.45) is 5.92 Å². The molecule has 0 amide bonds. The molecule has 4 rings (SSSR count). The number of hydrogen-bond donors (Lipinski definition) is 1. The van der Waals surface area contributed by atoms with Crippen LogP contribution in [0.5, 0.6) is 5.75 Å². The number of rotatable bonds is 9. The molecule has 2 aliphatic heterocycles. The number of anilines is 1. The van der Waals surface area contributed by atoms with E-state index in [2.05, 4.69) is 53.4 Å². The molecular weight excluding hydrogens is 448 g/mol. The Morgan fingerprint density at radius 2 is 1.94 bits per heavy atom. The van der Waals surface area contributed by atoms with Crippen molar-refractivity contribution in [1.82, 2.24) is 14.8 Å². The van der Waals surface area contributed by atoms with Gasteiger partial charge in [0.15, 0.2) is 5.16 Å². The fraction of sp³-hybridized carbons (Fsp3) is 0.692. The maximum Gasteiger partial charge on any atom is 0.228 e. The van der Waals surface area contributed by atoms with Gasteiger partial charge in [-0.05, 0) is 48.6 Å². The smallest absolute Gasteiger partial charge is 0.228 e. The Bertz CT molecular complexity index is 915. The molecule has 2 unspecified atom stereocenters. The number of piperidine rings is 1. The number of aliphatic hydroxyl groups is 1. The average molecular weight is 489 g/mol. The van der Waals surface area contributed by atoms with Crippen LogP contribution in [-0.2, 0) is 16.7 Å². The van der Waals surface area contributed by atoms with Crippen molar-refractivity contribution >= 4 is 17.7 Å². The lowest BCUT2D eigenvalue weighted by Gasteiger charge is -2.31. The standard InChI is InChI=1S/C26H40N4O3S/c1-19-11-13-29(14-12-19)24-27-28-25(30(24)16-21-8-7-15-32-21)34-18-20(31)17-33-23-10-6-5-9-22(23)26(2,3)4/h5-6,9-10,19-21,31H,7-8,11-18H2,1-4H3. The van der Waals surface area contributed by atoms with Crippen LogP contribution in [0.3, 0.4) is 0 Å². The van der Waals surface area contributed by atoms with E-state index in [9.17, 15) is 5.11 Å². The second-order valence-corrected chi connectivity index (χ2v) is 11.7. The third-order valence-electron chi connectivity index (χ3n) is 6.71. The van der Waals surface area contributed by atoms with E-state index in [-0.39, 0.29) is 18.1 Å². The zero-order valence-corrected chi connectivity index (χ0v) is 21.9. The van der Waals surface area contributed by atoms with E-state index in [1.807, 2.05) is 18.2 Å². The summed E-state index contributed by atoms with van der Waals surface area (Å²) in [5, 5.41) is 20.6. The van der Waals surface area contributed by atoms with Gasteiger partial charge in [-0.1, -0.05) is 57.7 Å². The number of benzene rings is 1. The van der Waals surface area contributed by atoms with Crippen molar-refractivity contribution in [1.29, 1.82) is 0 Å². The van der Waals surface area contributed by atoms with Crippen LogP contribution in [0.4, 0.5) is 5.95 Å². The van der Waals surface area contributed by atoms with E-state index in [0.29, 0.717) is 5.75 Å². The van der Waals surface area contributed by atoms with E-state index in [0.717, 1.165) is 67.4 Å². The summed E-state index contributed by atoms with van der Waals surface area (Å²) in [6.07, 6.45) is 4.15. The normalized spacial score (nSPS) is 20.6. The van der Waals surface area contributed by atoms with Gasteiger partial charge in [0.25, 0.3) is 0 Å². The van der Waals surface area contributed by atoms with Crippen LogP contribution < -0.4 is 9.64 Å². The number of hydrogen-bond acceptors (Lipinski definition) is 7. The molecule has 2 aliphatic rings. The SMILES string of the molecule is CC1CCN(c2nnc(SCC(O)COc3ccccc3C(C)(C)C)n2CC2CCCO2)CC1. The molecule has 0 radical (unpaired) electrons. The lowest BCUT2D eigenvalue weighted by Crippen LogP contribution is -2.35. The minimum Gasteiger partial charge on any atom is -0.491 e. The Morgan fingerprint density at radius 1 is 1.18 bits per heavy atom. The first-order chi connectivity index (χ1) is 16.3. The largest absolute Gasteiger partial charge is 0.491 e. The lowest BCUT2D eigenvalue weighted by molar-refractivity contribution is 0.0951. The van der Waals surface area contributed by atoms with Crippen LogP contribution in [0.2, 0.25) is 0 Å². The van der Waals surface area contributed by atoms with Crippen molar-refractivity contribution in [3.63, 3.8) is 0 Å². The van der Waals surface area contributed by atoms with E-state index >= 15 is 0 Å². The van der Waals surface area contributed by atoms with Gasteiger partial charge in [0.1, 0.15) is 12.4 Å². The molecular formula is C26H40N4O3S. The summed E-state index contributed by atoms with van der Waals surface area (Å²) in [5.74, 6) is 3.04. The van der Waals surface area contributed by atoms with Gasteiger partial charge in [0, 0.05) is 25.4 Å². The van der Waals surface area contributed by atoms with E-state index in [1.165, 1.54) is 12.8 Å². The molecule has 8 heteroatoms. The number of aromatic nitrogens is 3. The maximum absolute atomic E-state index is 10.7. The summed E-state index contributed by atoms with van der Waals surface area (Å²) in [6, 6.07) is 8.07. The van der Waals surface area contributed by atoms with Crippen LogP contribution >= 0.6 is 11.8 Å². The Kier molecular flexibility index (Phi) is 8.43. The molecule has 188 valence electrons. The first-order valence-electron chi connectivity index (χ1n) is 12.6. The molecule has 0 aliphatic carbocycles. The number of para-hydroxylation sites is 1. The summed E-state index contributed by atoms with van der Waals surface area (Å²) >= 11 is 1.55. The van der Waals surface area contributed by atoms with Crippen molar-refractivity contribution < 1.29 is 14.6 Å². The molecule has 34 heavy (non-hydrogen) atoms. The molecule has 0 spiro atoms. The zero-order chi connectivity index (χ0) is 24.1. The number of aliphatic hydroxyl groups excluding tert-OH is 1. The molecule has 1 aromatic heterocycles. The van der Waals surface area contributed by atoms with Crippen LogP contribution in [0.1, 0.15) is 58.9 Å². The molecule has 0 saturated carbocycles. The summed E-state index contributed by atoms with van der Waals surface area (Å²) in [7, 11) is 0. The highest BCUT2D eigenvalue weighted by molar-refractivity contribution is 7.99. The molecule has 2 atom stereocenters. The highest BCUT2D eigenvalue weighted by atomic mass is 32.2. The van der Waals surface area contributed by atoms with E-state index < -0.39 is 6.10 Å². The van der Waals surface area contributed by atoms with Crippen LogP contribution in [0.25, 0.3) is 0 Å². The molecule has 0 bridgehead atoms. The number of thioether (sulfide) groups is 1. The van der Waals surface area contributed by atoms with Gasteiger partial charge in [-0.25, -0.2) is 0 Å². The van der Waals surface area contributed by atoms with Crippen LogP contribution in [-0.4, -0.2) is 64.1 Å². The quantitative estimate of drug-likeness (QED) is 0.520. The second-order valence-electron chi connectivity index (χ2n) is 10.7. The minimum atomic E-state index is -0.606. The summed E-state index contributed by atoms with van der Waals surface area (Å²) in [6.45, 7) is 12.7. The van der Waals surface area contributed by atoms with E-state index in [1.54, 1.807) is 11.8 Å². The second kappa shape index (κ2) is 11.3. The summed E-state index contributed by atoms with van der Waals surface area (Å²) in [4.78, 5) is 2.36. The minimum absolute atomic E-state index is 0.0162. The van der Waals surface area contributed by atoms with Gasteiger partial charge in [0.2, 0.25) is 5.95 Å². The van der Waals surface area contributed by atoms with Gasteiger partial charge in [-0.3, -0.25) is 4.57 Å². The monoisotopic (exact) mass is 488 g/mol. The Balaban J connectivity index is 1.39. The summed E-state index contributed by atoms with van der Waals surface area (Å²) in [5.41, 5.74) is 1.13. The molecule has 2 aromatic rings. The predicted molar refractivity (Wildman–Crippen MR) is 137 cm³/mol. The molecule has 7 nitrogen and oxygen atoms in total. The number of ether oxygens (including phenoxy) is 2. The van der Waals surface area contributed by atoms with Crippen LogP contribution in [0.15, 0.2) is 29.4 Å². The molecule has 2 saturated heterocycles. The lowest BCUT2D eigenvalue weighted by atomic mass is 9.86. The van der Waals surface area contributed by atoms with Gasteiger partial charge >= 0.3 is 0 Å². The maximum atomic E-state index is 10.7. The predicted octanol–water partition coefficient (Wildman–Crippen LogP) is 4.52. The van der Waals surface area contributed by atoms with Crippen molar-refractivity contribution in [3.8, 4) is 5.75 Å². The zero-order valence-electron chi connectivity index (χ0n) is 21.1. The van der Waals surface area contributed by atoms with Crippen LogP contribution in [0, 0.1) is 5.92 Å². The van der Waals surface area contributed by atoms with Gasteiger partial charge in [-0.2, -0.15) is 0 Å². The van der Waals surface area contributed by atoms with E-state index in [4.69, 9.17) is 9.47 Å². The molecule has 2 fully saturated rings. The molecule has 1 N–H and O–H groups in total. The molecule has 1 aromatic carbocycles. The highest BCUT2D eigenvalue weighted by Gasteiger charge is 2.26. The van der Waals surface area contributed by atoms with Crippen molar-refractivity contribution in [2.45, 2.75) is 82.7 Å². The Hall–Kier alpha value is -1.77. The summed E-state index contributed by atoms with van der Waals surface area (Å²) < 4.78 is 14.2. The number of nitrogens with zero attached hydrogens (tertiary/aromatic N) is 4. The Labute approximate surface area is 208 Å². The first kappa shape index (κ1) is 25.3.